The topological polar surface area (TPSA) is 54.0 Å². The molecule has 0 aromatic carbocycles. The summed E-state index contributed by atoms with van der Waals surface area (Å²) in [5.41, 5.74) is 0.960. The zero-order chi connectivity index (χ0) is 12.1. The first-order valence-corrected chi connectivity index (χ1v) is 7.04. The van der Waals surface area contributed by atoms with Crippen molar-refractivity contribution in [2.45, 2.75) is 32.6 Å². The molecule has 2 rings (SSSR count). The number of amides is 1. The third-order valence-electron chi connectivity index (χ3n) is 3.04. The number of nitrogens with zero attached hydrogens (tertiary/aromatic N) is 1. The highest BCUT2D eigenvalue weighted by Gasteiger charge is 2.14. The first kappa shape index (κ1) is 12.5. The number of aryl methyl sites for hydroxylation is 1. The average Bonchev–Trinajstić information content (AvgIpc) is 2.73. The Labute approximate surface area is 106 Å². The van der Waals surface area contributed by atoms with Gasteiger partial charge in [0.25, 0.3) is 0 Å². The number of hydrogen-bond acceptors (Lipinski definition) is 4. The summed E-state index contributed by atoms with van der Waals surface area (Å²) in [7, 11) is 0. The van der Waals surface area contributed by atoms with Crippen LogP contribution in [0.3, 0.4) is 0 Å². The number of anilines is 1. The Kier molecular flexibility index (Phi) is 4.50. The second-order valence-electron chi connectivity index (χ2n) is 4.59. The Morgan fingerprint density at radius 1 is 1.71 bits per heavy atom. The molecule has 4 nitrogen and oxygen atoms in total. The largest absolute Gasteiger partial charge is 0.316 e. The maximum atomic E-state index is 11.7. The fourth-order valence-electron chi connectivity index (χ4n) is 2.10. The Bertz CT molecular complexity index is 372. The van der Waals surface area contributed by atoms with E-state index in [1.165, 1.54) is 24.2 Å². The third-order valence-corrected chi connectivity index (χ3v) is 3.92. The highest BCUT2D eigenvalue weighted by molar-refractivity contribution is 7.13. The molecule has 1 aromatic heterocycles. The van der Waals surface area contributed by atoms with Gasteiger partial charge in [-0.2, -0.15) is 0 Å². The number of hydrogen-bond donors (Lipinski definition) is 2. The van der Waals surface area contributed by atoms with Gasteiger partial charge in [0.05, 0.1) is 5.69 Å². The molecule has 0 aliphatic carbocycles. The summed E-state index contributed by atoms with van der Waals surface area (Å²) in [5, 5.41) is 8.88. The lowest BCUT2D eigenvalue weighted by molar-refractivity contribution is -0.116. The SMILES string of the molecule is Cc1csc(NC(=O)CCC2CCCNC2)n1. The van der Waals surface area contributed by atoms with E-state index in [9.17, 15) is 4.79 Å². The van der Waals surface area contributed by atoms with Crippen molar-refractivity contribution in [3.05, 3.63) is 11.1 Å². The molecule has 0 saturated carbocycles. The van der Waals surface area contributed by atoms with Gasteiger partial charge in [-0.25, -0.2) is 4.98 Å². The molecular weight excluding hydrogens is 234 g/mol. The molecule has 1 fully saturated rings. The molecular formula is C12H19N3OS. The van der Waals surface area contributed by atoms with Crippen LogP contribution in [-0.4, -0.2) is 24.0 Å². The highest BCUT2D eigenvalue weighted by Crippen LogP contribution is 2.18. The van der Waals surface area contributed by atoms with Crippen molar-refractivity contribution in [1.82, 2.24) is 10.3 Å². The van der Waals surface area contributed by atoms with Gasteiger partial charge in [0.1, 0.15) is 0 Å². The van der Waals surface area contributed by atoms with Gasteiger partial charge in [0, 0.05) is 11.8 Å². The quantitative estimate of drug-likeness (QED) is 0.864. The van der Waals surface area contributed by atoms with Crippen LogP contribution in [-0.2, 0) is 4.79 Å². The summed E-state index contributed by atoms with van der Waals surface area (Å²) in [5.74, 6) is 0.748. The molecule has 1 aliphatic rings. The molecule has 1 atom stereocenters. The van der Waals surface area contributed by atoms with Gasteiger partial charge in [0.15, 0.2) is 5.13 Å². The van der Waals surface area contributed by atoms with Crippen LogP contribution in [0, 0.1) is 12.8 Å². The Morgan fingerprint density at radius 3 is 3.24 bits per heavy atom. The summed E-state index contributed by atoms with van der Waals surface area (Å²) in [6.45, 7) is 4.12. The minimum Gasteiger partial charge on any atom is -0.316 e. The van der Waals surface area contributed by atoms with E-state index in [0.29, 0.717) is 17.5 Å². The molecule has 0 spiro atoms. The molecule has 1 unspecified atom stereocenters. The van der Waals surface area contributed by atoms with Gasteiger partial charge < -0.3 is 10.6 Å². The van der Waals surface area contributed by atoms with Crippen molar-refractivity contribution in [3.63, 3.8) is 0 Å². The second kappa shape index (κ2) is 6.12. The standard InChI is InChI=1S/C12H19N3OS/c1-9-8-17-12(14-9)15-11(16)5-4-10-3-2-6-13-7-10/h8,10,13H,2-7H2,1H3,(H,14,15,16). The number of thiazole rings is 1. The molecule has 1 aromatic rings. The lowest BCUT2D eigenvalue weighted by Gasteiger charge is -2.22. The smallest absolute Gasteiger partial charge is 0.226 e. The summed E-state index contributed by atoms with van der Waals surface area (Å²) in [6, 6.07) is 0. The van der Waals surface area contributed by atoms with Crippen molar-refractivity contribution in [1.29, 1.82) is 0 Å². The molecule has 17 heavy (non-hydrogen) atoms. The number of aromatic nitrogens is 1. The fraction of sp³-hybridized carbons (Fsp3) is 0.667. The van der Waals surface area contributed by atoms with Crippen molar-refractivity contribution >= 4 is 22.4 Å². The lowest BCUT2D eigenvalue weighted by atomic mass is 9.94. The molecule has 1 aliphatic heterocycles. The van der Waals surface area contributed by atoms with Crippen molar-refractivity contribution in [2.75, 3.05) is 18.4 Å². The van der Waals surface area contributed by atoms with Gasteiger partial charge in [-0.15, -0.1) is 11.3 Å². The summed E-state index contributed by atoms with van der Waals surface area (Å²) in [6.07, 6.45) is 4.06. The number of carbonyl (C=O) groups excluding carboxylic acids is 1. The van der Waals surface area contributed by atoms with Crippen LogP contribution in [0.15, 0.2) is 5.38 Å². The van der Waals surface area contributed by atoms with E-state index in [4.69, 9.17) is 0 Å². The minimum atomic E-state index is 0.0879. The Morgan fingerprint density at radius 2 is 2.59 bits per heavy atom. The summed E-state index contributed by atoms with van der Waals surface area (Å²) < 4.78 is 0. The molecule has 5 heteroatoms. The van der Waals surface area contributed by atoms with E-state index >= 15 is 0 Å². The monoisotopic (exact) mass is 253 g/mol. The van der Waals surface area contributed by atoms with E-state index in [2.05, 4.69) is 15.6 Å². The third kappa shape index (κ3) is 4.09. The lowest BCUT2D eigenvalue weighted by Crippen LogP contribution is -2.30. The maximum absolute atomic E-state index is 11.7. The van der Waals surface area contributed by atoms with Gasteiger partial charge >= 0.3 is 0 Å². The van der Waals surface area contributed by atoms with Crippen molar-refractivity contribution in [3.8, 4) is 0 Å². The van der Waals surface area contributed by atoms with Crippen LogP contribution in [0.2, 0.25) is 0 Å². The molecule has 0 bridgehead atoms. The zero-order valence-electron chi connectivity index (χ0n) is 10.2. The van der Waals surface area contributed by atoms with E-state index in [1.807, 2.05) is 12.3 Å². The first-order valence-electron chi connectivity index (χ1n) is 6.17. The number of nitrogens with one attached hydrogen (secondary N) is 2. The maximum Gasteiger partial charge on any atom is 0.226 e. The Hall–Kier alpha value is -0.940. The van der Waals surface area contributed by atoms with Crippen LogP contribution in [0.1, 0.15) is 31.4 Å². The predicted molar refractivity (Wildman–Crippen MR) is 70.3 cm³/mol. The van der Waals surface area contributed by atoms with Crippen LogP contribution in [0.25, 0.3) is 0 Å². The van der Waals surface area contributed by atoms with E-state index in [-0.39, 0.29) is 5.91 Å². The van der Waals surface area contributed by atoms with Crippen molar-refractivity contribution in [2.24, 2.45) is 5.92 Å². The molecule has 1 amide bonds. The van der Waals surface area contributed by atoms with E-state index in [1.54, 1.807) is 0 Å². The van der Waals surface area contributed by atoms with Gasteiger partial charge in [0.2, 0.25) is 5.91 Å². The number of carbonyl (C=O) groups is 1. The van der Waals surface area contributed by atoms with E-state index < -0.39 is 0 Å². The fourth-order valence-corrected chi connectivity index (χ4v) is 2.80. The van der Waals surface area contributed by atoms with Gasteiger partial charge in [-0.3, -0.25) is 4.79 Å². The average molecular weight is 253 g/mol. The van der Waals surface area contributed by atoms with Crippen LogP contribution in [0.5, 0.6) is 0 Å². The van der Waals surface area contributed by atoms with Crippen LogP contribution >= 0.6 is 11.3 Å². The summed E-state index contributed by atoms with van der Waals surface area (Å²) >= 11 is 1.48. The molecule has 1 saturated heterocycles. The minimum absolute atomic E-state index is 0.0879. The first-order chi connectivity index (χ1) is 8.24. The summed E-state index contributed by atoms with van der Waals surface area (Å²) in [4.78, 5) is 15.9. The normalized spacial score (nSPS) is 20.2. The van der Waals surface area contributed by atoms with Gasteiger partial charge in [-0.05, 0) is 45.2 Å². The van der Waals surface area contributed by atoms with E-state index in [0.717, 1.165) is 25.2 Å². The van der Waals surface area contributed by atoms with Crippen molar-refractivity contribution < 1.29 is 4.79 Å². The molecule has 94 valence electrons. The molecule has 2 heterocycles. The number of piperidine rings is 1. The number of rotatable bonds is 4. The molecule has 0 radical (unpaired) electrons. The predicted octanol–water partition coefficient (Wildman–Crippen LogP) is 2.17. The zero-order valence-corrected chi connectivity index (χ0v) is 11.0. The Balaban J connectivity index is 1.70. The highest BCUT2D eigenvalue weighted by atomic mass is 32.1. The van der Waals surface area contributed by atoms with Crippen LogP contribution < -0.4 is 10.6 Å². The van der Waals surface area contributed by atoms with Crippen LogP contribution in [0.4, 0.5) is 5.13 Å². The molecule has 2 N–H and O–H groups in total. The second-order valence-corrected chi connectivity index (χ2v) is 5.45. The van der Waals surface area contributed by atoms with Gasteiger partial charge in [-0.1, -0.05) is 0 Å².